The van der Waals surface area contributed by atoms with E-state index in [-0.39, 0.29) is 24.0 Å². The number of aliphatic hydroxyl groups excluding tert-OH is 1. The Morgan fingerprint density at radius 2 is 1.65 bits per heavy atom. The molecule has 0 aliphatic rings. The summed E-state index contributed by atoms with van der Waals surface area (Å²) in [5, 5.41) is 12.4. The molecule has 0 fully saturated rings. The minimum Gasteiger partial charge on any atom is -0.394 e. The van der Waals surface area contributed by atoms with Gasteiger partial charge in [0.2, 0.25) is 0 Å². The van der Waals surface area contributed by atoms with Gasteiger partial charge in [-0.15, -0.1) is 0 Å². The van der Waals surface area contributed by atoms with Crippen LogP contribution >= 0.6 is 0 Å². The Bertz CT molecular complexity index is 627. The fourth-order valence-corrected chi connectivity index (χ4v) is 2.45. The van der Waals surface area contributed by atoms with Crippen LogP contribution in [0.2, 0.25) is 0 Å². The van der Waals surface area contributed by atoms with E-state index in [2.05, 4.69) is 26.1 Å². The maximum absolute atomic E-state index is 12.3. The second kappa shape index (κ2) is 7.42. The molecule has 1 atom stereocenters. The molecule has 2 aromatic rings. The van der Waals surface area contributed by atoms with Crippen LogP contribution in [0.5, 0.6) is 0 Å². The largest absolute Gasteiger partial charge is 0.394 e. The molecule has 0 radical (unpaired) electrons. The number of amides is 1. The SMILES string of the molecule is CC(C)(C)c1ccc(C(=O)NC(CO)Cc2ccccc2)cc1. The Balaban J connectivity index is 2.02. The number of aliphatic hydroxyl groups is 1. The molecule has 0 aromatic heterocycles. The second-order valence-electron chi connectivity index (χ2n) is 6.87. The smallest absolute Gasteiger partial charge is 0.251 e. The number of carbonyl (C=O) groups is 1. The molecule has 0 saturated carbocycles. The van der Waals surface area contributed by atoms with Crippen LogP contribution in [0.25, 0.3) is 0 Å². The van der Waals surface area contributed by atoms with Crippen LogP contribution in [-0.2, 0) is 11.8 Å². The Labute approximate surface area is 138 Å². The van der Waals surface area contributed by atoms with E-state index in [9.17, 15) is 9.90 Å². The van der Waals surface area contributed by atoms with Crippen molar-refractivity contribution in [1.82, 2.24) is 5.32 Å². The minimum atomic E-state index is -0.285. The average Bonchev–Trinajstić information content (AvgIpc) is 2.54. The van der Waals surface area contributed by atoms with Crippen LogP contribution in [0, 0.1) is 0 Å². The van der Waals surface area contributed by atoms with E-state index in [1.807, 2.05) is 54.6 Å². The predicted molar refractivity (Wildman–Crippen MR) is 93.6 cm³/mol. The highest BCUT2D eigenvalue weighted by Gasteiger charge is 2.16. The van der Waals surface area contributed by atoms with Gasteiger partial charge in [-0.1, -0.05) is 63.2 Å². The number of hydrogen-bond acceptors (Lipinski definition) is 2. The van der Waals surface area contributed by atoms with Gasteiger partial charge >= 0.3 is 0 Å². The van der Waals surface area contributed by atoms with E-state index >= 15 is 0 Å². The number of rotatable bonds is 5. The monoisotopic (exact) mass is 311 g/mol. The molecule has 2 rings (SSSR count). The summed E-state index contributed by atoms with van der Waals surface area (Å²) in [6, 6.07) is 17.2. The van der Waals surface area contributed by atoms with Crippen LogP contribution in [0.1, 0.15) is 42.3 Å². The summed E-state index contributed by atoms with van der Waals surface area (Å²) in [5.41, 5.74) is 2.96. The van der Waals surface area contributed by atoms with Crippen molar-refractivity contribution in [3.63, 3.8) is 0 Å². The van der Waals surface area contributed by atoms with E-state index in [1.54, 1.807) is 0 Å². The predicted octanol–water partition coefficient (Wildman–Crippen LogP) is 3.32. The van der Waals surface area contributed by atoms with Crippen LogP contribution in [0.15, 0.2) is 54.6 Å². The first-order valence-corrected chi connectivity index (χ1v) is 7.96. The van der Waals surface area contributed by atoms with Gasteiger partial charge in [0.1, 0.15) is 0 Å². The highest BCUT2D eigenvalue weighted by molar-refractivity contribution is 5.94. The lowest BCUT2D eigenvalue weighted by Gasteiger charge is -2.20. The van der Waals surface area contributed by atoms with Gasteiger partial charge in [-0.3, -0.25) is 4.79 Å². The van der Waals surface area contributed by atoms with E-state index in [0.717, 1.165) is 5.56 Å². The van der Waals surface area contributed by atoms with Gasteiger partial charge in [-0.05, 0) is 35.1 Å². The summed E-state index contributed by atoms with van der Waals surface area (Å²) in [6.07, 6.45) is 0.614. The minimum absolute atomic E-state index is 0.0654. The quantitative estimate of drug-likeness (QED) is 0.890. The Morgan fingerprint density at radius 3 is 2.17 bits per heavy atom. The molecule has 0 heterocycles. The Hall–Kier alpha value is -2.13. The molecule has 23 heavy (non-hydrogen) atoms. The summed E-state index contributed by atoms with van der Waals surface area (Å²) >= 11 is 0. The molecular formula is C20H25NO2. The topological polar surface area (TPSA) is 49.3 Å². The normalized spacial score (nSPS) is 12.7. The lowest BCUT2D eigenvalue weighted by molar-refractivity contribution is 0.0916. The molecule has 122 valence electrons. The van der Waals surface area contributed by atoms with Gasteiger partial charge in [0.05, 0.1) is 12.6 Å². The lowest BCUT2D eigenvalue weighted by atomic mass is 9.86. The second-order valence-corrected chi connectivity index (χ2v) is 6.87. The molecule has 0 saturated heterocycles. The molecule has 2 N–H and O–H groups in total. The molecule has 0 bridgehead atoms. The molecule has 2 aromatic carbocycles. The highest BCUT2D eigenvalue weighted by atomic mass is 16.3. The summed E-state index contributed by atoms with van der Waals surface area (Å²) in [7, 11) is 0. The molecule has 0 spiro atoms. The van der Waals surface area contributed by atoms with E-state index in [1.165, 1.54) is 5.56 Å². The zero-order valence-electron chi connectivity index (χ0n) is 14.0. The number of benzene rings is 2. The maximum atomic E-state index is 12.3. The number of nitrogens with one attached hydrogen (secondary N) is 1. The van der Waals surface area contributed by atoms with Gasteiger partial charge in [0.15, 0.2) is 0 Å². The first-order valence-electron chi connectivity index (χ1n) is 7.96. The molecule has 0 aliphatic heterocycles. The van der Waals surface area contributed by atoms with E-state index < -0.39 is 0 Å². The van der Waals surface area contributed by atoms with Crippen molar-refractivity contribution in [1.29, 1.82) is 0 Å². The fourth-order valence-electron chi connectivity index (χ4n) is 2.45. The summed E-state index contributed by atoms with van der Waals surface area (Å²) in [6.45, 7) is 6.35. The highest BCUT2D eigenvalue weighted by Crippen LogP contribution is 2.22. The first kappa shape index (κ1) is 17.2. The number of hydrogen-bond donors (Lipinski definition) is 2. The van der Waals surface area contributed by atoms with E-state index in [4.69, 9.17) is 0 Å². The average molecular weight is 311 g/mol. The van der Waals surface area contributed by atoms with Crippen molar-refractivity contribution in [2.75, 3.05) is 6.61 Å². The zero-order valence-corrected chi connectivity index (χ0v) is 14.0. The molecule has 1 amide bonds. The molecule has 1 unspecified atom stereocenters. The van der Waals surface area contributed by atoms with Gasteiger partial charge in [-0.2, -0.15) is 0 Å². The fraction of sp³-hybridized carbons (Fsp3) is 0.350. The van der Waals surface area contributed by atoms with Crippen LogP contribution in [0.3, 0.4) is 0 Å². The van der Waals surface area contributed by atoms with Crippen molar-refractivity contribution in [3.05, 3.63) is 71.3 Å². The third-order valence-corrected chi connectivity index (χ3v) is 3.89. The summed E-state index contributed by atoms with van der Waals surface area (Å²) < 4.78 is 0. The Morgan fingerprint density at radius 1 is 1.04 bits per heavy atom. The van der Waals surface area contributed by atoms with Gasteiger partial charge in [0.25, 0.3) is 5.91 Å². The third kappa shape index (κ3) is 4.93. The van der Waals surface area contributed by atoms with Gasteiger partial charge in [-0.25, -0.2) is 0 Å². The molecular weight excluding hydrogens is 286 g/mol. The van der Waals surface area contributed by atoms with Gasteiger partial charge in [0, 0.05) is 5.56 Å². The van der Waals surface area contributed by atoms with Gasteiger partial charge < -0.3 is 10.4 Å². The summed E-state index contributed by atoms with van der Waals surface area (Å²) in [5.74, 6) is -0.152. The Kier molecular flexibility index (Phi) is 5.56. The first-order chi connectivity index (χ1) is 10.9. The standard InChI is InChI=1S/C20H25NO2/c1-20(2,3)17-11-9-16(10-12-17)19(23)21-18(14-22)13-15-7-5-4-6-8-15/h4-12,18,22H,13-14H2,1-3H3,(H,21,23). The van der Waals surface area contributed by atoms with Crippen LogP contribution in [-0.4, -0.2) is 23.7 Å². The molecule has 0 aliphatic carbocycles. The van der Waals surface area contributed by atoms with Crippen molar-refractivity contribution in [2.24, 2.45) is 0 Å². The van der Waals surface area contributed by atoms with Crippen LogP contribution in [0.4, 0.5) is 0 Å². The van der Waals surface area contributed by atoms with Crippen molar-refractivity contribution in [2.45, 2.75) is 38.6 Å². The van der Waals surface area contributed by atoms with Crippen molar-refractivity contribution >= 4 is 5.91 Å². The molecule has 3 heteroatoms. The third-order valence-electron chi connectivity index (χ3n) is 3.89. The maximum Gasteiger partial charge on any atom is 0.251 e. The van der Waals surface area contributed by atoms with E-state index in [0.29, 0.717) is 12.0 Å². The van der Waals surface area contributed by atoms with Crippen molar-refractivity contribution in [3.8, 4) is 0 Å². The van der Waals surface area contributed by atoms with Crippen LogP contribution < -0.4 is 5.32 Å². The zero-order chi connectivity index (χ0) is 16.9. The van der Waals surface area contributed by atoms with Crippen molar-refractivity contribution < 1.29 is 9.90 Å². The summed E-state index contributed by atoms with van der Waals surface area (Å²) in [4.78, 5) is 12.3. The number of carbonyl (C=O) groups excluding carboxylic acids is 1. The molecule has 3 nitrogen and oxygen atoms in total. The lowest BCUT2D eigenvalue weighted by Crippen LogP contribution is -2.39.